The molecule has 6 nitrogen and oxygen atoms in total. The number of hydrogen-bond donors (Lipinski definition) is 1. The van der Waals surface area contributed by atoms with Gasteiger partial charge in [0.2, 0.25) is 5.91 Å². The Labute approximate surface area is 207 Å². The lowest BCUT2D eigenvalue weighted by atomic mass is 10.1. The van der Waals surface area contributed by atoms with Gasteiger partial charge in [0.15, 0.2) is 11.0 Å². The predicted molar refractivity (Wildman–Crippen MR) is 137 cm³/mol. The van der Waals surface area contributed by atoms with Gasteiger partial charge in [-0.15, -0.1) is 32.9 Å². The molecule has 0 bridgehead atoms. The van der Waals surface area contributed by atoms with Crippen LogP contribution in [0.25, 0.3) is 11.4 Å². The monoisotopic (exact) mass is 499 g/mol. The Morgan fingerprint density at radius 1 is 1.30 bits per heavy atom. The smallest absolute Gasteiger partial charge is 0.235 e. The second-order valence-electron chi connectivity index (χ2n) is 8.57. The first-order valence-electron chi connectivity index (χ1n) is 11.5. The number of thioether (sulfide) groups is 1. The van der Waals surface area contributed by atoms with E-state index in [9.17, 15) is 10.1 Å². The van der Waals surface area contributed by atoms with Gasteiger partial charge in [0.05, 0.1) is 11.3 Å². The number of fused-ring (bicyclic) bond motifs is 1. The number of nitriles is 1. The molecule has 0 aliphatic heterocycles. The highest BCUT2D eigenvalue weighted by atomic mass is 32.2. The summed E-state index contributed by atoms with van der Waals surface area (Å²) in [5.74, 6) is 1.46. The highest BCUT2D eigenvalue weighted by Crippen LogP contribution is 2.37. The molecular formula is C24H29N5OS3. The Kier molecular flexibility index (Phi) is 7.89. The molecule has 0 aromatic carbocycles. The van der Waals surface area contributed by atoms with Crippen LogP contribution < -0.4 is 5.32 Å². The second-order valence-corrected chi connectivity index (χ2v) is 11.6. The van der Waals surface area contributed by atoms with Gasteiger partial charge in [0.1, 0.15) is 11.1 Å². The predicted octanol–water partition coefficient (Wildman–Crippen LogP) is 6.47. The van der Waals surface area contributed by atoms with Gasteiger partial charge in [-0.25, -0.2) is 0 Å². The quantitative estimate of drug-likeness (QED) is 0.283. The van der Waals surface area contributed by atoms with Crippen LogP contribution in [-0.4, -0.2) is 26.4 Å². The topological polar surface area (TPSA) is 83.6 Å². The van der Waals surface area contributed by atoms with Gasteiger partial charge in [0.25, 0.3) is 0 Å². The van der Waals surface area contributed by atoms with E-state index in [1.165, 1.54) is 27.9 Å². The molecule has 174 valence electrons. The highest BCUT2D eigenvalue weighted by Gasteiger charge is 2.22. The molecule has 4 rings (SSSR count). The molecule has 0 atom stereocenters. The van der Waals surface area contributed by atoms with E-state index >= 15 is 0 Å². The van der Waals surface area contributed by atoms with E-state index in [4.69, 9.17) is 0 Å². The molecular weight excluding hydrogens is 470 g/mol. The van der Waals surface area contributed by atoms with E-state index in [0.29, 0.717) is 16.5 Å². The molecule has 0 spiro atoms. The SMILES string of the molecule is CCCn1c(SCC(=O)Nc2sc3c(c2C#N)CCCCC3)nnc1-c1csc(C(C)C)c1. The van der Waals surface area contributed by atoms with E-state index in [1.807, 2.05) is 0 Å². The molecule has 0 fully saturated rings. The van der Waals surface area contributed by atoms with Crippen LogP contribution in [-0.2, 0) is 24.2 Å². The molecule has 1 aliphatic rings. The fourth-order valence-electron chi connectivity index (χ4n) is 4.05. The first-order chi connectivity index (χ1) is 16.0. The number of nitrogens with one attached hydrogen (secondary N) is 1. The average Bonchev–Trinajstić information content (AvgIpc) is 3.46. The minimum absolute atomic E-state index is 0.113. The molecule has 9 heteroatoms. The van der Waals surface area contributed by atoms with Crippen LogP contribution in [0.4, 0.5) is 5.00 Å². The van der Waals surface area contributed by atoms with Crippen molar-refractivity contribution in [3.8, 4) is 17.5 Å². The number of thiophene rings is 2. The van der Waals surface area contributed by atoms with Crippen molar-refractivity contribution >= 4 is 45.3 Å². The van der Waals surface area contributed by atoms with E-state index < -0.39 is 0 Å². The maximum absolute atomic E-state index is 12.8. The molecule has 1 N–H and O–H groups in total. The summed E-state index contributed by atoms with van der Waals surface area (Å²) < 4.78 is 2.11. The third-order valence-corrected chi connectivity index (χ3v) is 9.14. The highest BCUT2D eigenvalue weighted by molar-refractivity contribution is 7.99. The van der Waals surface area contributed by atoms with Gasteiger partial charge in [-0.1, -0.05) is 39.0 Å². The third-order valence-electron chi connectivity index (χ3n) is 5.73. The maximum atomic E-state index is 12.8. The summed E-state index contributed by atoms with van der Waals surface area (Å²) in [6.45, 7) is 7.31. The van der Waals surface area contributed by atoms with Gasteiger partial charge in [-0.3, -0.25) is 4.79 Å². The normalized spacial score (nSPS) is 13.5. The minimum atomic E-state index is -0.113. The van der Waals surface area contributed by atoms with Crippen molar-refractivity contribution in [1.82, 2.24) is 14.8 Å². The second kappa shape index (κ2) is 10.9. The summed E-state index contributed by atoms with van der Waals surface area (Å²) in [7, 11) is 0. The number of rotatable bonds is 8. The number of aromatic nitrogens is 3. The van der Waals surface area contributed by atoms with Crippen LogP contribution >= 0.6 is 34.4 Å². The van der Waals surface area contributed by atoms with Crippen molar-refractivity contribution in [3.63, 3.8) is 0 Å². The van der Waals surface area contributed by atoms with Crippen molar-refractivity contribution in [2.45, 2.75) is 76.9 Å². The standard InChI is InChI=1S/C24H29N5OS3/c1-4-10-29-22(16-11-20(15(2)3)31-13-16)27-28-24(29)32-14-21(30)26-23-18(12-25)17-8-6-5-7-9-19(17)33-23/h11,13,15H,4-10,14H2,1-3H3,(H,26,30). The molecule has 3 heterocycles. The van der Waals surface area contributed by atoms with E-state index in [-0.39, 0.29) is 11.7 Å². The summed E-state index contributed by atoms with van der Waals surface area (Å²) in [6, 6.07) is 4.52. The Morgan fingerprint density at radius 2 is 2.12 bits per heavy atom. The Morgan fingerprint density at radius 3 is 2.85 bits per heavy atom. The molecule has 0 radical (unpaired) electrons. The van der Waals surface area contributed by atoms with Crippen LogP contribution in [0.5, 0.6) is 0 Å². The van der Waals surface area contributed by atoms with Gasteiger partial charge in [-0.2, -0.15) is 5.26 Å². The summed E-state index contributed by atoms with van der Waals surface area (Å²) >= 11 is 4.72. The largest absolute Gasteiger partial charge is 0.316 e. The van der Waals surface area contributed by atoms with Gasteiger partial charge >= 0.3 is 0 Å². The van der Waals surface area contributed by atoms with Crippen LogP contribution in [0.2, 0.25) is 0 Å². The van der Waals surface area contributed by atoms with Crippen molar-refractivity contribution in [2.75, 3.05) is 11.1 Å². The number of hydrogen-bond acceptors (Lipinski definition) is 7. The Balaban J connectivity index is 1.46. The lowest BCUT2D eigenvalue weighted by molar-refractivity contribution is -0.113. The minimum Gasteiger partial charge on any atom is -0.316 e. The molecule has 3 aromatic heterocycles. The molecule has 1 aliphatic carbocycles. The lowest BCUT2D eigenvalue weighted by Crippen LogP contribution is -2.14. The van der Waals surface area contributed by atoms with Crippen molar-refractivity contribution in [3.05, 3.63) is 32.3 Å². The number of anilines is 1. The van der Waals surface area contributed by atoms with E-state index in [2.05, 4.69) is 58.4 Å². The summed E-state index contributed by atoms with van der Waals surface area (Å²) in [5, 5.41) is 25.1. The van der Waals surface area contributed by atoms with Crippen LogP contribution in [0.1, 0.15) is 73.3 Å². The fourth-order valence-corrected chi connectivity index (χ4v) is 6.97. The first kappa shape index (κ1) is 24.0. The van der Waals surface area contributed by atoms with Crippen molar-refractivity contribution in [1.29, 1.82) is 5.26 Å². The summed E-state index contributed by atoms with van der Waals surface area (Å²) in [6.07, 6.45) is 6.36. The average molecular weight is 500 g/mol. The van der Waals surface area contributed by atoms with Gasteiger partial charge in [0, 0.05) is 27.2 Å². The number of carbonyl (C=O) groups excluding carboxylic acids is 1. The zero-order chi connectivity index (χ0) is 23.4. The van der Waals surface area contributed by atoms with Crippen LogP contribution in [0.15, 0.2) is 16.6 Å². The number of aryl methyl sites for hydroxylation is 1. The van der Waals surface area contributed by atoms with Gasteiger partial charge < -0.3 is 9.88 Å². The van der Waals surface area contributed by atoms with E-state index in [0.717, 1.165) is 60.8 Å². The molecule has 1 amide bonds. The molecule has 0 unspecified atom stereocenters. The summed E-state index contributed by atoms with van der Waals surface area (Å²) in [4.78, 5) is 15.4. The van der Waals surface area contributed by atoms with Gasteiger partial charge in [-0.05, 0) is 49.7 Å². The Hall–Kier alpha value is -2.15. The number of carbonyl (C=O) groups is 1. The fraction of sp³-hybridized carbons (Fsp3) is 0.500. The summed E-state index contributed by atoms with van der Waals surface area (Å²) in [5.41, 5.74) is 2.89. The zero-order valence-corrected chi connectivity index (χ0v) is 21.8. The molecule has 0 saturated carbocycles. The van der Waals surface area contributed by atoms with E-state index in [1.54, 1.807) is 22.7 Å². The molecule has 33 heavy (non-hydrogen) atoms. The number of nitrogens with zero attached hydrogens (tertiary/aromatic N) is 4. The number of amides is 1. The lowest BCUT2D eigenvalue weighted by Gasteiger charge is -2.08. The van der Waals surface area contributed by atoms with Crippen LogP contribution in [0, 0.1) is 11.3 Å². The first-order valence-corrected chi connectivity index (χ1v) is 14.2. The Bertz CT molecular complexity index is 1170. The zero-order valence-electron chi connectivity index (χ0n) is 19.3. The van der Waals surface area contributed by atoms with Crippen molar-refractivity contribution in [2.24, 2.45) is 0 Å². The molecule has 0 saturated heterocycles. The maximum Gasteiger partial charge on any atom is 0.235 e. The molecule has 3 aromatic rings. The third kappa shape index (κ3) is 5.34. The van der Waals surface area contributed by atoms with Crippen LogP contribution in [0.3, 0.4) is 0 Å². The van der Waals surface area contributed by atoms with Crippen molar-refractivity contribution < 1.29 is 4.79 Å².